The van der Waals surface area contributed by atoms with Crippen molar-refractivity contribution in [1.82, 2.24) is 4.72 Å². The van der Waals surface area contributed by atoms with Crippen molar-refractivity contribution in [1.29, 1.82) is 0 Å². The van der Waals surface area contributed by atoms with Gasteiger partial charge >= 0.3 is 12.1 Å². The Morgan fingerprint density at radius 1 is 1.28 bits per heavy atom. The molecule has 0 fully saturated rings. The van der Waals surface area contributed by atoms with Gasteiger partial charge in [0.25, 0.3) is 0 Å². The SMILES string of the molecule is C/C(NS(C)(=O)=O)=C(\C=C(/C)C(F)(F)F)C(=O)O. The van der Waals surface area contributed by atoms with E-state index < -0.39 is 39.0 Å². The van der Waals surface area contributed by atoms with Crippen molar-refractivity contribution in [3.8, 4) is 0 Å². The fourth-order valence-corrected chi connectivity index (χ4v) is 1.63. The number of carboxylic acids is 1. The molecule has 5 nitrogen and oxygen atoms in total. The normalized spacial score (nSPS) is 15.1. The van der Waals surface area contributed by atoms with Gasteiger partial charge in [-0.25, -0.2) is 13.2 Å². The average Bonchev–Trinajstić information content (AvgIpc) is 2.07. The zero-order valence-corrected chi connectivity index (χ0v) is 10.6. The lowest BCUT2D eigenvalue weighted by Crippen LogP contribution is -2.23. The second-order valence-corrected chi connectivity index (χ2v) is 5.29. The van der Waals surface area contributed by atoms with Crippen molar-refractivity contribution < 1.29 is 31.5 Å². The Balaban J connectivity index is 5.61. The van der Waals surface area contributed by atoms with Crippen molar-refractivity contribution in [2.75, 3.05) is 6.26 Å². The summed E-state index contributed by atoms with van der Waals surface area (Å²) >= 11 is 0. The van der Waals surface area contributed by atoms with Crippen LogP contribution in [0, 0.1) is 0 Å². The molecule has 0 radical (unpaired) electrons. The molecule has 0 heterocycles. The lowest BCUT2D eigenvalue weighted by Gasteiger charge is -2.09. The van der Waals surface area contributed by atoms with Crippen LogP contribution in [0.3, 0.4) is 0 Å². The topological polar surface area (TPSA) is 83.5 Å². The summed E-state index contributed by atoms with van der Waals surface area (Å²) in [6, 6.07) is 0. The highest BCUT2D eigenvalue weighted by molar-refractivity contribution is 7.88. The van der Waals surface area contributed by atoms with Crippen LogP contribution in [0.1, 0.15) is 13.8 Å². The number of halogens is 3. The van der Waals surface area contributed by atoms with Gasteiger partial charge in [-0.05, 0) is 19.9 Å². The molecule has 0 aliphatic carbocycles. The third-order valence-electron chi connectivity index (χ3n) is 1.78. The number of sulfonamides is 1. The standard InChI is InChI=1S/C9H12F3NO4S/c1-5(9(10,11)12)4-7(8(14)15)6(2)13-18(3,16)17/h4,13H,1-3H3,(H,14,15)/b5-4+,7-6-. The van der Waals surface area contributed by atoms with E-state index in [1.165, 1.54) is 0 Å². The number of hydrogen-bond donors (Lipinski definition) is 2. The summed E-state index contributed by atoms with van der Waals surface area (Å²) < 4.78 is 60.3. The molecule has 0 atom stereocenters. The minimum absolute atomic E-state index is 0.371. The predicted octanol–water partition coefficient (Wildman–Crippen LogP) is 1.40. The largest absolute Gasteiger partial charge is 0.478 e. The molecule has 0 aromatic carbocycles. The van der Waals surface area contributed by atoms with Crippen molar-refractivity contribution in [2.24, 2.45) is 0 Å². The molecule has 0 spiro atoms. The van der Waals surface area contributed by atoms with Crippen molar-refractivity contribution in [3.63, 3.8) is 0 Å². The highest BCUT2D eigenvalue weighted by Gasteiger charge is 2.31. The lowest BCUT2D eigenvalue weighted by atomic mass is 10.1. The summed E-state index contributed by atoms with van der Waals surface area (Å²) in [5.41, 5.74) is -2.31. The molecule has 0 aliphatic heterocycles. The minimum Gasteiger partial charge on any atom is -0.478 e. The van der Waals surface area contributed by atoms with Gasteiger partial charge in [-0.15, -0.1) is 0 Å². The fraction of sp³-hybridized carbons (Fsp3) is 0.444. The summed E-state index contributed by atoms with van der Waals surface area (Å²) in [7, 11) is -3.75. The Morgan fingerprint density at radius 3 is 2.00 bits per heavy atom. The van der Waals surface area contributed by atoms with Gasteiger partial charge in [0.1, 0.15) is 0 Å². The van der Waals surface area contributed by atoms with Crippen LogP contribution >= 0.6 is 0 Å². The molecule has 0 saturated heterocycles. The number of carboxylic acid groups (broad SMARTS) is 1. The number of hydrogen-bond acceptors (Lipinski definition) is 3. The van der Waals surface area contributed by atoms with Crippen LogP contribution in [0.2, 0.25) is 0 Å². The molecule has 0 rings (SSSR count). The maximum Gasteiger partial charge on any atom is 0.412 e. The number of nitrogens with one attached hydrogen (secondary N) is 1. The van der Waals surface area contributed by atoms with Gasteiger partial charge in [-0.2, -0.15) is 13.2 Å². The maximum atomic E-state index is 12.3. The Morgan fingerprint density at radius 2 is 1.72 bits per heavy atom. The molecule has 18 heavy (non-hydrogen) atoms. The molecule has 0 unspecified atom stereocenters. The first-order valence-corrected chi connectivity index (χ1v) is 6.41. The van der Waals surface area contributed by atoms with Gasteiger partial charge < -0.3 is 5.11 Å². The Bertz CT molecular complexity index is 502. The van der Waals surface area contributed by atoms with Gasteiger partial charge in [-0.1, -0.05) is 0 Å². The third kappa shape index (κ3) is 5.71. The molecular formula is C9H12F3NO4S. The van der Waals surface area contributed by atoms with Gasteiger partial charge in [0, 0.05) is 11.3 Å². The predicted molar refractivity (Wildman–Crippen MR) is 58.1 cm³/mol. The maximum absolute atomic E-state index is 12.3. The number of alkyl halides is 3. The van der Waals surface area contributed by atoms with Crippen LogP contribution in [-0.4, -0.2) is 31.9 Å². The molecule has 0 aromatic rings. The van der Waals surface area contributed by atoms with E-state index in [-0.39, 0.29) is 0 Å². The summed E-state index contributed by atoms with van der Waals surface area (Å²) in [5, 5.41) is 8.75. The van der Waals surface area contributed by atoms with Gasteiger partial charge in [0.2, 0.25) is 10.0 Å². The average molecular weight is 287 g/mol. The molecule has 0 aliphatic rings. The van der Waals surface area contributed by atoms with Crippen LogP contribution < -0.4 is 4.72 Å². The quantitative estimate of drug-likeness (QED) is 0.605. The number of rotatable bonds is 4. The highest BCUT2D eigenvalue weighted by Crippen LogP contribution is 2.26. The number of allylic oxidation sites excluding steroid dienone is 2. The lowest BCUT2D eigenvalue weighted by molar-refractivity contribution is -0.132. The van der Waals surface area contributed by atoms with Crippen LogP contribution in [0.5, 0.6) is 0 Å². The Kier molecular flexibility index (Phi) is 4.97. The van der Waals surface area contributed by atoms with E-state index in [0.717, 1.165) is 13.2 Å². The first-order chi connectivity index (χ1) is 7.84. The summed E-state index contributed by atoms with van der Waals surface area (Å²) in [6.45, 7) is 1.75. The van der Waals surface area contributed by atoms with Crippen LogP contribution in [0.15, 0.2) is 22.9 Å². The van der Waals surface area contributed by atoms with Crippen molar-refractivity contribution >= 4 is 16.0 Å². The number of carbonyl (C=O) groups is 1. The summed E-state index contributed by atoms with van der Waals surface area (Å²) in [6.07, 6.45) is -3.54. The number of aliphatic carboxylic acids is 1. The molecule has 0 saturated carbocycles. The van der Waals surface area contributed by atoms with Gasteiger partial charge in [-0.3, -0.25) is 4.72 Å². The summed E-state index contributed by atoms with van der Waals surface area (Å²) in [4.78, 5) is 10.8. The monoisotopic (exact) mass is 287 g/mol. The van der Waals surface area contributed by atoms with Gasteiger partial charge in [0.15, 0.2) is 0 Å². The van der Waals surface area contributed by atoms with Gasteiger partial charge in [0.05, 0.1) is 11.8 Å². The van der Waals surface area contributed by atoms with E-state index in [9.17, 15) is 26.4 Å². The first-order valence-electron chi connectivity index (χ1n) is 4.52. The summed E-state index contributed by atoms with van der Waals surface area (Å²) in [5.74, 6) is -1.66. The molecule has 2 N–H and O–H groups in total. The molecule has 0 aromatic heterocycles. The van der Waals surface area contributed by atoms with Crippen molar-refractivity contribution in [2.45, 2.75) is 20.0 Å². The van der Waals surface area contributed by atoms with Crippen molar-refractivity contribution in [3.05, 3.63) is 22.9 Å². The van der Waals surface area contributed by atoms with Crippen LogP contribution in [0.25, 0.3) is 0 Å². The van der Waals surface area contributed by atoms with Crippen LogP contribution in [-0.2, 0) is 14.8 Å². The van der Waals surface area contributed by atoms with E-state index in [0.29, 0.717) is 13.0 Å². The van der Waals surface area contributed by atoms with E-state index in [4.69, 9.17) is 5.11 Å². The molecular weight excluding hydrogens is 275 g/mol. The van der Waals surface area contributed by atoms with Crippen LogP contribution in [0.4, 0.5) is 13.2 Å². The zero-order chi connectivity index (χ0) is 14.7. The van der Waals surface area contributed by atoms with E-state index in [1.54, 1.807) is 0 Å². The molecule has 0 amide bonds. The second kappa shape index (κ2) is 5.42. The molecule has 0 bridgehead atoms. The Hall–Kier alpha value is -1.51. The fourth-order valence-electron chi connectivity index (χ4n) is 0.962. The zero-order valence-electron chi connectivity index (χ0n) is 9.79. The third-order valence-corrected chi connectivity index (χ3v) is 2.46. The van der Waals surface area contributed by atoms with E-state index >= 15 is 0 Å². The van der Waals surface area contributed by atoms with E-state index in [1.807, 2.05) is 4.72 Å². The smallest absolute Gasteiger partial charge is 0.412 e. The minimum atomic E-state index is -4.67. The molecule has 104 valence electrons. The first kappa shape index (κ1) is 16.5. The highest BCUT2D eigenvalue weighted by atomic mass is 32.2. The molecule has 9 heteroatoms. The van der Waals surface area contributed by atoms with E-state index in [2.05, 4.69) is 0 Å². The second-order valence-electron chi connectivity index (χ2n) is 3.54. The Labute approximate surface area is 102 Å².